The van der Waals surface area contributed by atoms with E-state index in [1.165, 1.54) is 0 Å². The molecule has 0 aliphatic heterocycles. The van der Waals surface area contributed by atoms with Crippen LogP contribution in [0.25, 0.3) is 5.82 Å². The van der Waals surface area contributed by atoms with E-state index in [-0.39, 0.29) is 5.91 Å². The van der Waals surface area contributed by atoms with Crippen LogP contribution in [0.2, 0.25) is 5.02 Å². The Morgan fingerprint density at radius 3 is 2.62 bits per heavy atom. The minimum atomic E-state index is -0.283. The van der Waals surface area contributed by atoms with Gasteiger partial charge in [0.05, 0.1) is 16.3 Å². The lowest BCUT2D eigenvalue weighted by atomic mass is 10.2. The fourth-order valence-corrected chi connectivity index (χ4v) is 2.64. The number of rotatable bonds is 5. The van der Waals surface area contributed by atoms with Crippen LogP contribution < -0.4 is 5.32 Å². The fraction of sp³-hybridized carbons (Fsp3) is 0.250. The van der Waals surface area contributed by atoms with Gasteiger partial charge in [0.2, 0.25) is 0 Å². The van der Waals surface area contributed by atoms with Crippen molar-refractivity contribution >= 4 is 23.2 Å². The van der Waals surface area contributed by atoms with Gasteiger partial charge in [-0.25, -0.2) is 0 Å². The second kappa shape index (κ2) is 6.84. The van der Waals surface area contributed by atoms with Crippen molar-refractivity contribution in [3.63, 3.8) is 0 Å². The van der Waals surface area contributed by atoms with Crippen molar-refractivity contribution in [2.75, 3.05) is 5.32 Å². The topological polar surface area (TPSA) is 77.6 Å². The van der Waals surface area contributed by atoms with Crippen LogP contribution in [0.1, 0.15) is 29.4 Å². The number of hydrogen-bond acceptors (Lipinski definition) is 4. The van der Waals surface area contributed by atoms with E-state index in [9.17, 15) is 4.79 Å². The lowest BCUT2D eigenvalue weighted by Gasteiger charge is -2.08. The monoisotopic (exact) mass is 344 g/mol. The lowest BCUT2D eigenvalue weighted by Crippen LogP contribution is -2.14. The minimum Gasteiger partial charge on any atom is -0.317 e. The van der Waals surface area contributed by atoms with Gasteiger partial charge in [-0.2, -0.15) is 5.10 Å². The Morgan fingerprint density at radius 1 is 1.25 bits per heavy atom. The number of aromatic nitrogens is 5. The van der Waals surface area contributed by atoms with Gasteiger partial charge in [-0.1, -0.05) is 30.7 Å². The van der Waals surface area contributed by atoms with Crippen molar-refractivity contribution in [1.82, 2.24) is 24.5 Å². The van der Waals surface area contributed by atoms with Gasteiger partial charge in [0.25, 0.3) is 5.91 Å². The predicted molar refractivity (Wildman–Crippen MR) is 91.6 cm³/mol. The van der Waals surface area contributed by atoms with Gasteiger partial charge >= 0.3 is 0 Å². The average molecular weight is 345 g/mol. The van der Waals surface area contributed by atoms with Crippen molar-refractivity contribution in [2.45, 2.75) is 26.8 Å². The van der Waals surface area contributed by atoms with Crippen molar-refractivity contribution in [1.29, 1.82) is 0 Å². The number of benzene rings is 1. The average Bonchev–Trinajstić information content (AvgIpc) is 3.19. The number of amides is 1. The molecule has 0 spiro atoms. The third-order valence-electron chi connectivity index (χ3n) is 3.64. The van der Waals surface area contributed by atoms with E-state index in [0.717, 1.165) is 18.7 Å². The van der Waals surface area contributed by atoms with Crippen LogP contribution >= 0.6 is 11.6 Å². The van der Waals surface area contributed by atoms with E-state index in [2.05, 4.69) is 27.5 Å². The minimum absolute atomic E-state index is 0.283. The Morgan fingerprint density at radius 2 is 1.96 bits per heavy atom. The molecule has 24 heavy (non-hydrogen) atoms. The third kappa shape index (κ3) is 3.03. The van der Waals surface area contributed by atoms with Crippen LogP contribution in [0, 0.1) is 6.92 Å². The Bertz CT molecular complexity index is 856. The summed E-state index contributed by atoms with van der Waals surface area (Å²) in [5.74, 6) is 0.292. The molecule has 2 heterocycles. The van der Waals surface area contributed by atoms with Crippen molar-refractivity contribution < 1.29 is 4.79 Å². The molecule has 1 N–H and O–H groups in total. The van der Waals surface area contributed by atoms with E-state index in [4.69, 9.17) is 11.6 Å². The standard InChI is InChI=1S/C16H17ClN6O/c1-3-8-23-11(2)14(15(21-23)22-9-18-19-10-22)20-16(24)12-6-4-5-7-13(12)17/h4-7,9-10H,3,8H2,1-2H3,(H,20,24). The van der Waals surface area contributed by atoms with E-state index in [1.54, 1.807) is 41.5 Å². The van der Waals surface area contributed by atoms with Crippen LogP contribution in [0.3, 0.4) is 0 Å². The SMILES string of the molecule is CCCn1nc(-n2cnnc2)c(NC(=O)c2ccccc2Cl)c1C. The summed E-state index contributed by atoms with van der Waals surface area (Å²) in [7, 11) is 0. The number of nitrogens with zero attached hydrogens (tertiary/aromatic N) is 5. The van der Waals surface area contributed by atoms with Gasteiger partial charge in [-0.3, -0.25) is 14.0 Å². The quantitative estimate of drug-likeness (QED) is 0.771. The fourth-order valence-electron chi connectivity index (χ4n) is 2.42. The molecule has 2 aromatic heterocycles. The first-order valence-corrected chi connectivity index (χ1v) is 7.98. The number of carbonyl (C=O) groups excluding carboxylic acids is 1. The molecule has 0 atom stereocenters. The summed E-state index contributed by atoms with van der Waals surface area (Å²) in [6, 6.07) is 6.92. The molecule has 0 saturated carbocycles. The Labute approximate surface area is 144 Å². The zero-order valence-electron chi connectivity index (χ0n) is 13.4. The van der Waals surface area contributed by atoms with E-state index < -0.39 is 0 Å². The zero-order chi connectivity index (χ0) is 17.1. The second-order valence-corrected chi connectivity index (χ2v) is 5.72. The van der Waals surface area contributed by atoms with E-state index in [0.29, 0.717) is 22.1 Å². The Kier molecular flexibility index (Phi) is 4.61. The molecule has 0 aliphatic rings. The molecule has 0 aliphatic carbocycles. The number of halogens is 1. The maximum Gasteiger partial charge on any atom is 0.257 e. The summed E-state index contributed by atoms with van der Waals surface area (Å²) in [5, 5.41) is 15.5. The number of carbonyl (C=O) groups is 1. The number of nitrogens with one attached hydrogen (secondary N) is 1. The predicted octanol–water partition coefficient (Wildman–Crippen LogP) is 3.09. The summed E-state index contributed by atoms with van der Waals surface area (Å²) in [6.07, 6.45) is 4.02. The molecule has 7 nitrogen and oxygen atoms in total. The molecule has 0 unspecified atom stereocenters. The van der Waals surface area contributed by atoms with Crippen molar-refractivity contribution in [3.05, 3.63) is 53.2 Å². The summed E-state index contributed by atoms with van der Waals surface area (Å²) in [5.41, 5.74) is 1.89. The number of hydrogen-bond donors (Lipinski definition) is 1. The summed E-state index contributed by atoms with van der Waals surface area (Å²) in [4.78, 5) is 12.6. The van der Waals surface area contributed by atoms with Gasteiger partial charge in [-0.15, -0.1) is 10.2 Å². The van der Waals surface area contributed by atoms with Crippen molar-refractivity contribution in [2.24, 2.45) is 0 Å². The van der Waals surface area contributed by atoms with Gasteiger partial charge in [0.1, 0.15) is 18.3 Å². The molecule has 3 rings (SSSR count). The summed E-state index contributed by atoms with van der Waals surface area (Å²) in [6.45, 7) is 4.74. The largest absolute Gasteiger partial charge is 0.317 e. The van der Waals surface area contributed by atoms with Crippen molar-refractivity contribution in [3.8, 4) is 5.82 Å². The van der Waals surface area contributed by atoms with Gasteiger partial charge < -0.3 is 5.32 Å². The van der Waals surface area contributed by atoms with Gasteiger partial charge in [-0.05, 0) is 25.5 Å². The number of aryl methyl sites for hydroxylation is 1. The molecular formula is C16H17ClN6O. The third-order valence-corrected chi connectivity index (χ3v) is 3.97. The highest BCUT2D eigenvalue weighted by Gasteiger charge is 2.20. The second-order valence-electron chi connectivity index (χ2n) is 5.31. The molecule has 0 saturated heterocycles. The van der Waals surface area contributed by atoms with Crippen LogP contribution in [-0.4, -0.2) is 30.5 Å². The number of anilines is 1. The highest BCUT2D eigenvalue weighted by atomic mass is 35.5. The molecule has 1 aromatic carbocycles. The van der Waals surface area contributed by atoms with Gasteiger partial charge in [0, 0.05) is 6.54 Å². The first-order valence-electron chi connectivity index (χ1n) is 7.60. The first-order chi connectivity index (χ1) is 11.6. The smallest absolute Gasteiger partial charge is 0.257 e. The molecule has 124 valence electrons. The first kappa shape index (κ1) is 16.2. The van der Waals surface area contributed by atoms with Crippen LogP contribution in [0.15, 0.2) is 36.9 Å². The van der Waals surface area contributed by atoms with E-state index >= 15 is 0 Å². The van der Waals surface area contributed by atoms with Crippen LogP contribution in [0.4, 0.5) is 5.69 Å². The summed E-state index contributed by atoms with van der Waals surface area (Å²) < 4.78 is 3.53. The van der Waals surface area contributed by atoms with Crippen LogP contribution in [-0.2, 0) is 6.54 Å². The maximum absolute atomic E-state index is 12.6. The Balaban J connectivity index is 2.00. The molecule has 0 fully saturated rings. The Hall–Kier alpha value is -2.67. The molecule has 0 radical (unpaired) electrons. The molecule has 3 aromatic rings. The normalized spacial score (nSPS) is 10.8. The molecular weight excluding hydrogens is 328 g/mol. The zero-order valence-corrected chi connectivity index (χ0v) is 14.2. The van der Waals surface area contributed by atoms with E-state index in [1.807, 2.05) is 11.6 Å². The summed E-state index contributed by atoms with van der Waals surface area (Å²) >= 11 is 6.11. The highest BCUT2D eigenvalue weighted by Crippen LogP contribution is 2.25. The maximum atomic E-state index is 12.6. The van der Waals surface area contributed by atoms with Gasteiger partial charge in [0.15, 0.2) is 5.82 Å². The molecule has 8 heteroatoms. The van der Waals surface area contributed by atoms with Crippen LogP contribution in [0.5, 0.6) is 0 Å². The molecule has 1 amide bonds. The molecule has 0 bridgehead atoms. The highest BCUT2D eigenvalue weighted by molar-refractivity contribution is 6.34. The lowest BCUT2D eigenvalue weighted by molar-refractivity contribution is 0.102.